The number of fused-ring (bicyclic) bond motifs is 12. The Labute approximate surface area is 799 Å². The minimum atomic E-state index is -1.01. The minimum absolute atomic E-state index is 0. The molecule has 20 rings (SSSR count). The number of rotatable bonds is 20. The molecule has 4 amide bonds. The van der Waals surface area contributed by atoms with E-state index in [-0.39, 0.29) is 94.7 Å². The summed E-state index contributed by atoms with van der Waals surface area (Å²) in [5.74, 6) is 2.30. The minimum Gasteiger partial charge on any atom is -0.389 e. The van der Waals surface area contributed by atoms with Crippen LogP contribution in [-0.4, -0.2) is 205 Å². The first-order chi connectivity index (χ1) is 65.3. The van der Waals surface area contributed by atoms with Crippen molar-refractivity contribution in [1.29, 1.82) is 0 Å². The number of halogens is 5. The van der Waals surface area contributed by atoms with Crippen LogP contribution in [0.5, 0.6) is 0 Å². The van der Waals surface area contributed by atoms with E-state index in [0.29, 0.717) is 178 Å². The molecule has 4 aromatic heterocycles. The van der Waals surface area contributed by atoms with Gasteiger partial charge in [-0.25, -0.2) is 60.6 Å². The number of nitrogens with zero attached hydrogens (tertiary/aromatic N) is 20. The zero-order valence-electron chi connectivity index (χ0n) is 79.2. The normalized spacial score (nSPS) is 16.4. The van der Waals surface area contributed by atoms with Crippen molar-refractivity contribution in [3.8, 4) is 0 Å². The molecule has 8 aliphatic heterocycles. The van der Waals surface area contributed by atoms with Gasteiger partial charge in [0.1, 0.15) is 63.0 Å². The van der Waals surface area contributed by atoms with E-state index in [9.17, 15) is 60.6 Å². The van der Waals surface area contributed by atoms with E-state index in [1.54, 1.807) is 148 Å². The monoisotopic (exact) mass is 1890 g/mol. The quantitative estimate of drug-likeness (QED) is 0.0349. The molecule has 0 bridgehead atoms. The van der Waals surface area contributed by atoms with Crippen molar-refractivity contribution in [2.45, 2.75) is 152 Å². The second-order valence-corrected chi connectivity index (χ2v) is 37.8. The maximum absolute atomic E-state index is 13.9. The molecule has 8 aliphatic rings. The molecule has 12 heterocycles. The van der Waals surface area contributed by atoms with Crippen LogP contribution in [-0.2, 0) is 26.2 Å². The van der Waals surface area contributed by atoms with E-state index >= 15 is 0 Å². The molecule has 0 saturated carbocycles. The summed E-state index contributed by atoms with van der Waals surface area (Å²) in [6.07, 6.45) is -0.550. The van der Waals surface area contributed by atoms with Crippen molar-refractivity contribution in [1.82, 2.24) is 58.7 Å². The van der Waals surface area contributed by atoms with E-state index in [1.165, 1.54) is 62.1 Å². The fourth-order valence-electron chi connectivity index (χ4n) is 17.4. The van der Waals surface area contributed by atoms with Crippen LogP contribution >= 0.6 is 0 Å². The fourth-order valence-corrected chi connectivity index (χ4v) is 17.4. The molecule has 0 saturated heterocycles. The first-order valence-electron chi connectivity index (χ1n) is 44.8. The number of aliphatic hydroxyl groups excluding tert-OH is 1. The predicted molar refractivity (Wildman–Crippen MR) is 526 cm³/mol. The van der Waals surface area contributed by atoms with Gasteiger partial charge in [-0.1, -0.05) is 104 Å². The number of aryl methyl sites for hydroxylation is 1. The van der Waals surface area contributed by atoms with Crippen molar-refractivity contribution >= 4 is 134 Å². The lowest BCUT2D eigenvalue weighted by atomic mass is 10.1. The Morgan fingerprint density at radius 3 is 0.849 bits per heavy atom. The number of aliphatic imine (C=N–C) groups is 4. The Morgan fingerprint density at radius 1 is 0.353 bits per heavy atom. The summed E-state index contributed by atoms with van der Waals surface area (Å²) in [6.45, 7) is 27.8. The SMILES string of the molecule is C.CC(=O)c1ccc(Cn2nc3c(c2Nc2ccc(F)c(C)c2)C(=O)N(C)C2=NC(C)(C)CN23)cc1.CC(=O)c1ccc(Cn2nc3c(c2Nc2ccc(F)c(F)c2)C(=O)N(C)C2=NC(C)(C)CN23)cc1.CC(=O)c1ccc(Cn2nc3c(c2Nc2ccc(F)cc2)C(=O)N(C)C2=NC(C)(C)CN23)cc1.CC(O)c1ccc(Cn2nc3c(c2Nc2ccc(F)cc2)C(=O)N(C)C2=NC(C)(C)CN23)cc1. The van der Waals surface area contributed by atoms with Crippen molar-refractivity contribution in [2.75, 3.05) is 95.2 Å². The summed E-state index contributed by atoms with van der Waals surface area (Å²) in [5.41, 5.74) is 9.17. The first kappa shape index (κ1) is 96.3. The number of hydrogen-bond donors (Lipinski definition) is 5. The van der Waals surface area contributed by atoms with Gasteiger partial charge < -0.3 is 26.4 Å². The number of aliphatic hydroxyl groups is 1. The summed E-state index contributed by atoms with van der Waals surface area (Å²) in [7, 11) is 6.78. The summed E-state index contributed by atoms with van der Waals surface area (Å²) in [4.78, 5) is 122. The molecule has 0 fully saturated rings. The molecule has 0 radical (unpaired) electrons. The van der Waals surface area contributed by atoms with Crippen molar-refractivity contribution in [3.05, 3.63) is 283 Å². The molecule has 32 nitrogen and oxygen atoms in total. The first-order valence-corrected chi connectivity index (χ1v) is 44.8. The molecule has 718 valence electrons. The Kier molecular flexibility index (Phi) is 25.6. The Morgan fingerprint density at radius 2 is 0.597 bits per heavy atom. The number of ketones is 3. The van der Waals surface area contributed by atoms with Crippen LogP contribution in [0, 0.1) is 36.0 Å². The van der Waals surface area contributed by atoms with E-state index in [2.05, 4.69) is 26.3 Å². The molecular weight excluding hydrogens is 1780 g/mol. The van der Waals surface area contributed by atoms with Crippen LogP contribution < -0.4 is 40.9 Å². The van der Waals surface area contributed by atoms with Crippen LogP contribution in [0.4, 0.5) is 91.2 Å². The highest BCUT2D eigenvalue weighted by atomic mass is 19.2. The number of carbonyl (C=O) groups is 7. The van der Waals surface area contributed by atoms with E-state index in [4.69, 9.17) is 35.4 Å². The number of carbonyl (C=O) groups excluding carboxylic acids is 7. The van der Waals surface area contributed by atoms with Crippen LogP contribution in [0.1, 0.15) is 203 Å². The summed E-state index contributed by atoms with van der Waals surface area (Å²) >= 11 is 0. The molecule has 1 unspecified atom stereocenters. The van der Waals surface area contributed by atoms with Gasteiger partial charge in [-0.3, -0.25) is 72.8 Å². The second kappa shape index (κ2) is 37.0. The molecular formula is C102H107F5N24O8. The maximum Gasteiger partial charge on any atom is 0.267 e. The number of hydrogen-bond acceptors (Lipinski definition) is 24. The molecule has 8 aromatic carbocycles. The van der Waals surface area contributed by atoms with Crippen LogP contribution in [0.25, 0.3) is 0 Å². The number of aromatic nitrogens is 8. The Bertz CT molecular complexity index is 6840. The van der Waals surface area contributed by atoms with Crippen LogP contribution in [0.2, 0.25) is 0 Å². The maximum atomic E-state index is 13.9. The van der Waals surface area contributed by atoms with Gasteiger partial charge in [0.05, 0.1) is 80.6 Å². The van der Waals surface area contributed by atoms with Gasteiger partial charge in [-0.2, -0.15) is 20.4 Å². The van der Waals surface area contributed by atoms with Gasteiger partial charge in [0.15, 0.2) is 52.3 Å². The van der Waals surface area contributed by atoms with Gasteiger partial charge in [0.2, 0.25) is 23.8 Å². The average molecular weight is 1890 g/mol. The van der Waals surface area contributed by atoms with Gasteiger partial charge in [0, 0.05) is 73.7 Å². The van der Waals surface area contributed by atoms with Crippen molar-refractivity contribution in [2.24, 2.45) is 20.0 Å². The summed E-state index contributed by atoms with van der Waals surface area (Å²) in [5, 5.41) is 42.0. The van der Waals surface area contributed by atoms with Crippen LogP contribution in [0.15, 0.2) is 202 Å². The molecule has 0 aliphatic carbocycles. The average Bonchev–Trinajstić information content (AvgIpc) is 1.59. The zero-order chi connectivity index (χ0) is 98.5. The number of guanidine groups is 4. The highest BCUT2D eigenvalue weighted by molar-refractivity contribution is 6.24. The predicted octanol–water partition coefficient (Wildman–Crippen LogP) is 17.2. The third-order valence-corrected chi connectivity index (χ3v) is 24.5. The third kappa shape index (κ3) is 19.3. The number of nitrogens with one attached hydrogen (secondary N) is 4. The largest absolute Gasteiger partial charge is 0.389 e. The molecule has 139 heavy (non-hydrogen) atoms. The number of Topliss-reactive ketones (excluding diaryl/α,β-unsaturated/α-hetero) is 3. The van der Waals surface area contributed by atoms with Gasteiger partial charge in [0.25, 0.3) is 23.6 Å². The van der Waals surface area contributed by atoms with Crippen LogP contribution in [0.3, 0.4) is 0 Å². The highest BCUT2D eigenvalue weighted by Gasteiger charge is 2.50. The standard InChI is InChI=1S/C26H27FN6O2.C25H24F2N6O2.C25H27FN6O2.C25H25FN6O2.CH4/c1-15-12-19(10-11-20(15)27)28-22-21-23(32-14-26(3,4)29-25(32)31(5)24(21)35)30-33(22)13-17-6-8-18(9-7-17)16(2)34;1-14(34)16-7-5-15(6-8-16)12-33-21(28-17-9-10-18(26)19(27)11-17)20-22(30-33)32-13-25(2,3)29-24(32)31(4)23(20)35;2*1-15(33)17-7-5-16(6-8-17)13-32-21(27-19-11-9-18(26)10-12-19)20-22(29-32)31-14-25(2,3)28-24(31)30(4)23(20)34;/h6-12,28H,13-14H2,1-5H3;5-11,28H,12-13H2,1-4H3;5-12,15,27,33H,13-14H2,1-4H3;5-12,27H,13-14H2,1-4H3;1H4. The third-order valence-electron chi connectivity index (χ3n) is 24.5. The number of anilines is 12. The summed E-state index contributed by atoms with van der Waals surface area (Å²) < 4.78 is 75.2. The lowest BCUT2D eigenvalue weighted by molar-refractivity contribution is 0.0858. The van der Waals surface area contributed by atoms with Crippen molar-refractivity contribution < 1.29 is 60.6 Å². The highest BCUT2D eigenvalue weighted by Crippen LogP contribution is 2.45. The molecule has 37 heteroatoms. The molecule has 0 spiro atoms. The molecule has 1 atom stereocenters. The van der Waals surface area contributed by atoms with Gasteiger partial charge in [-0.15, -0.1) is 0 Å². The molecule has 5 N–H and O–H groups in total. The van der Waals surface area contributed by atoms with E-state index in [0.717, 1.165) is 39.9 Å². The van der Waals surface area contributed by atoms with Gasteiger partial charge in [-0.05, 0) is 202 Å². The topological polar surface area (TPSA) is 334 Å². The number of amides is 4. The molecule has 12 aromatic rings. The smallest absolute Gasteiger partial charge is 0.267 e. The fraction of sp³-hybridized carbons (Fsp3) is 0.304. The van der Waals surface area contributed by atoms with Gasteiger partial charge >= 0.3 is 0 Å². The Balaban J connectivity index is 0.000000134. The second-order valence-electron chi connectivity index (χ2n) is 37.8. The van der Waals surface area contributed by atoms with E-state index < -0.39 is 23.3 Å². The summed E-state index contributed by atoms with van der Waals surface area (Å²) in [6, 6.07) is 49.5. The number of benzene rings is 8. The lowest BCUT2D eigenvalue weighted by Gasteiger charge is -2.30. The van der Waals surface area contributed by atoms with E-state index in [1.807, 2.05) is 136 Å². The Hall–Kier alpha value is -15.8. The lowest BCUT2D eigenvalue weighted by Crippen LogP contribution is -2.48. The van der Waals surface area contributed by atoms with Crippen molar-refractivity contribution in [3.63, 3.8) is 0 Å². The zero-order valence-corrected chi connectivity index (χ0v) is 79.2.